The standard InChI is InChI=1S/C27H32F2N6O/c1-17-12-18(2)14-19(13-17)20-15-21(26(30)32-16-20)27(34-31)33-22-6-7-23(25(29)24(22)28)36-11-10-35-8-4-3-5-9-35/h6-7,12-16H,3-5,8-11,31H2,1-2H3,(H2,30,32)(H,33,34). The van der Waals surface area contributed by atoms with Gasteiger partial charge in [-0.3, -0.25) is 4.90 Å². The Morgan fingerprint density at radius 3 is 2.44 bits per heavy atom. The van der Waals surface area contributed by atoms with Gasteiger partial charge < -0.3 is 15.9 Å². The first-order valence-electron chi connectivity index (χ1n) is 12.1. The molecule has 3 aromatic rings. The SMILES string of the molecule is Cc1cc(C)cc(-c2cnc(N)c(C(=Nc3ccc(OCCN4CCCCC4)c(F)c3F)NN)c2)c1. The molecule has 9 heteroatoms. The fourth-order valence-electron chi connectivity index (χ4n) is 4.44. The summed E-state index contributed by atoms with van der Waals surface area (Å²) >= 11 is 0. The van der Waals surface area contributed by atoms with Crippen LogP contribution in [0.1, 0.15) is 36.0 Å². The minimum atomic E-state index is -1.13. The van der Waals surface area contributed by atoms with Crippen LogP contribution in [0.4, 0.5) is 20.3 Å². The number of aryl methyl sites for hydroxylation is 2. The second kappa shape index (κ2) is 11.5. The van der Waals surface area contributed by atoms with Crippen molar-refractivity contribution in [1.82, 2.24) is 15.3 Å². The number of hydrogen-bond donors (Lipinski definition) is 3. The number of aromatic nitrogens is 1. The number of nitrogens with zero attached hydrogens (tertiary/aromatic N) is 3. The Kier molecular flexibility index (Phi) is 8.12. The highest BCUT2D eigenvalue weighted by Crippen LogP contribution is 2.30. The highest BCUT2D eigenvalue weighted by molar-refractivity contribution is 6.04. The van der Waals surface area contributed by atoms with Crippen molar-refractivity contribution in [2.45, 2.75) is 33.1 Å². The molecule has 4 rings (SSSR count). The molecule has 7 nitrogen and oxygen atoms in total. The zero-order chi connectivity index (χ0) is 25.7. The number of nitrogens with one attached hydrogen (secondary N) is 1. The lowest BCUT2D eigenvalue weighted by atomic mass is 10.0. The van der Waals surface area contributed by atoms with Gasteiger partial charge in [-0.05, 0) is 63.5 Å². The number of aliphatic imine (C=N–C) groups is 1. The average Bonchev–Trinajstić information content (AvgIpc) is 2.87. The molecule has 0 aliphatic carbocycles. The van der Waals surface area contributed by atoms with E-state index in [1.807, 2.05) is 26.0 Å². The quantitative estimate of drug-likeness (QED) is 0.192. The van der Waals surface area contributed by atoms with E-state index in [9.17, 15) is 8.78 Å². The van der Waals surface area contributed by atoms with Crippen LogP contribution in [0.3, 0.4) is 0 Å². The fourth-order valence-corrected chi connectivity index (χ4v) is 4.44. The number of nitrogens with two attached hydrogens (primary N) is 2. The first-order chi connectivity index (χ1) is 17.4. The smallest absolute Gasteiger partial charge is 0.202 e. The van der Waals surface area contributed by atoms with Gasteiger partial charge in [-0.25, -0.2) is 20.2 Å². The Bertz CT molecular complexity index is 1240. The van der Waals surface area contributed by atoms with Crippen LogP contribution in [-0.4, -0.2) is 42.0 Å². The van der Waals surface area contributed by atoms with Gasteiger partial charge >= 0.3 is 0 Å². The highest BCUT2D eigenvalue weighted by Gasteiger charge is 2.18. The van der Waals surface area contributed by atoms with Gasteiger partial charge in [0, 0.05) is 18.3 Å². The number of hydrazine groups is 1. The average molecular weight is 495 g/mol. The zero-order valence-corrected chi connectivity index (χ0v) is 20.7. The molecule has 190 valence electrons. The van der Waals surface area contributed by atoms with Crippen molar-refractivity contribution in [3.8, 4) is 16.9 Å². The van der Waals surface area contributed by atoms with Crippen LogP contribution in [0.15, 0.2) is 47.6 Å². The highest BCUT2D eigenvalue weighted by atomic mass is 19.2. The molecule has 1 aliphatic heterocycles. The Morgan fingerprint density at radius 2 is 1.75 bits per heavy atom. The molecule has 0 unspecified atom stereocenters. The molecule has 0 saturated carbocycles. The zero-order valence-electron chi connectivity index (χ0n) is 20.7. The summed E-state index contributed by atoms with van der Waals surface area (Å²) in [6.07, 6.45) is 5.19. The van der Waals surface area contributed by atoms with Crippen molar-refractivity contribution in [3.05, 3.63) is 70.9 Å². The maximum Gasteiger partial charge on any atom is 0.202 e. The van der Waals surface area contributed by atoms with E-state index < -0.39 is 11.6 Å². The summed E-state index contributed by atoms with van der Waals surface area (Å²) in [6.45, 7) is 6.98. The lowest BCUT2D eigenvalue weighted by Crippen LogP contribution is -2.33. The maximum absolute atomic E-state index is 14.9. The molecule has 2 heterocycles. The summed E-state index contributed by atoms with van der Waals surface area (Å²) in [5.74, 6) is 3.54. The number of ether oxygens (including phenoxy) is 1. The van der Waals surface area contributed by atoms with Crippen molar-refractivity contribution >= 4 is 17.3 Å². The van der Waals surface area contributed by atoms with E-state index in [0.29, 0.717) is 12.1 Å². The molecule has 5 N–H and O–H groups in total. The van der Waals surface area contributed by atoms with Gasteiger partial charge in [-0.1, -0.05) is 35.7 Å². The van der Waals surface area contributed by atoms with Gasteiger partial charge in [0.05, 0.1) is 5.56 Å². The minimum absolute atomic E-state index is 0.0586. The van der Waals surface area contributed by atoms with Gasteiger partial charge in [-0.2, -0.15) is 4.39 Å². The number of amidine groups is 1. The van der Waals surface area contributed by atoms with E-state index in [2.05, 4.69) is 26.4 Å². The van der Waals surface area contributed by atoms with Crippen LogP contribution in [0.2, 0.25) is 0 Å². The molecule has 0 bridgehead atoms. The molecule has 0 atom stereocenters. The molecule has 0 spiro atoms. The van der Waals surface area contributed by atoms with Gasteiger partial charge in [0.2, 0.25) is 5.82 Å². The summed E-state index contributed by atoms with van der Waals surface area (Å²) in [5.41, 5.74) is 12.6. The summed E-state index contributed by atoms with van der Waals surface area (Å²) in [6, 6.07) is 10.6. The molecule has 1 aromatic heterocycles. The number of benzene rings is 2. The number of hydrogen-bond acceptors (Lipinski definition) is 6. The van der Waals surface area contributed by atoms with Gasteiger partial charge in [-0.15, -0.1) is 0 Å². The van der Waals surface area contributed by atoms with Gasteiger partial charge in [0.15, 0.2) is 17.4 Å². The van der Waals surface area contributed by atoms with Crippen molar-refractivity contribution in [1.29, 1.82) is 0 Å². The number of rotatable bonds is 7. The third-order valence-corrected chi connectivity index (χ3v) is 6.24. The van der Waals surface area contributed by atoms with E-state index in [0.717, 1.165) is 48.2 Å². The number of halogens is 2. The van der Waals surface area contributed by atoms with Crippen molar-refractivity contribution < 1.29 is 13.5 Å². The van der Waals surface area contributed by atoms with Crippen LogP contribution >= 0.6 is 0 Å². The van der Waals surface area contributed by atoms with Gasteiger partial charge in [0.25, 0.3) is 0 Å². The van der Waals surface area contributed by atoms with E-state index in [4.69, 9.17) is 16.3 Å². The van der Waals surface area contributed by atoms with Crippen LogP contribution in [0.25, 0.3) is 11.1 Å². The summed E-state index contributed by atoms with van der Waals surface area (Å²) in [5, 5.41) is 0. The predicted octanol–water partition coefficient (Wildman–Crippen LogP) is 4.63. The van der Waals surface area contributed by atoms with E-state index >= 15 is 0 Å². The maximum atomic E-state index is 14.9. The molecule has 0 amide bonds. The second-order valence-electron chi connectivity index (χ2n) is 9.10. The van der Waals surface area contributed by atoms with Crippen LogP contribution in [0.5, 0.6) is 5.75 Å². The Morgan fingerprint density at radius 1 is 1.03 bits per heavy atom. The molecular weight excluding hydrogens is 462 g/mol. The van der Waals surface area contributed by atoms with E-state index in [-0.39, 0.29) is 29.7 Å². The molecule has 2 aromatic carbocycles. The first-order valence-corrected chi connectivity index (χ1v) is 12.1. The lowest BCUT2D eigenvalue weighted by molar-refractivity contribution is 0.179. The Hall–Kier alpha value is -3.56. The third-order valence-electron chi connectivity index (χ3n) is 6.24. The van der Waals surface area contributed by atoms with E-state index in [1.165, 1.54) is 18.6 Å². The molecule has 1 saturated heterocycles. The molecular formula is C27H32F2N6O. The first kappa shape index (κ1) is 25.5. The third kappa shape index (κ3) is 5.98. The second-order valence-corrected chi connectivity index (χ2v) is 9.10. The topological polar surface area (TPSA) is 102 Å². The van der Waals surface area contributed by atoms with Crippen LogP contribution in [0, 0.1) is 25.5 Å². The van der Waals surface area contributed by atoms with Crippen molar-refractivity contribution in [2.24, 2.45) is 10.8 Å². The minimum Gasteiger partial charge on any atom is -0.489 e. The summed E-state index contributed by atoms with van der Waals surface area (Å²) in [4.78, 5) is 10.7. The number of pyridine rings is 1. The fraction of sp³-hybridized carbons (Fsp3) is 0.333. The van der Waals surface area contributed by atoms with Gasteiger partial charge in [0.1, 0.15) is 18.1 Å². The number of likely N-dealkylation sites (tertiary alicyclic amines) is 1. The monoisotopic (exact) mass is 494 g/mol. The number of anilines is 1. The lowest BCUT2D eigenvalue weighted by Gasteiger charge is -2.26. The number of nitrogen functional groups attached to an aromatic ring is 1. The Balaban J connectivity index is 1.57. The summed E-state index contributed by atoms with van der Waals surface area (Å²) in [7, 11) is 0. The number of piperidine rings is 1. The Labute approximate surface area is 210 Å². The molecule has 0 radical (unpaired) electrons. The molecule has 36 heavy (non-hydrogen) atoms. The van der Waals surface area contributed by atoms with E-state index in [1.54, 1.807) is 12.3 Å². The largest absolute Gasteiger partial charge is 0.489 e. The van der Waals surface area contributed by atoms with Crippen molar-refractivity contribution in [3.63, 3.8) is 0 Å². The molecule has 1 aliphatic rings. The van der Waals surface area contributed by atoms with Crippen LogP contribution < -0.4 is 21.7 Å². The normalized spacial score (nSPS) is 14.6. The van der Waals surface area contributed by atoms with Crippen molar-refractivity contribution in [2.75, 3.05) is 32.0 Å². The molecule has 1 fully saturated rings. The van der Waals surface area contributed by atoms with Crippen LogP contribution in [-0.2, 0) is 0 Å². The predicted molar refractivity (Wildman–Crippen MR) is 139 cm³/mol. The summed E-state index contributed by atoms with van der Waals surface area (Å²) < 4.78 is 35.2.